The van der Waals surface area contributed by atoms with Gasteiger partial charge in [0.15, 0.2) is 11.4 Å². The molecule has 0 unspecified atom stereocenters. The zero-order chi connectivity index (χ0) is 12.5. The summed E-state index contributed by atoms with van der Waals surface area (Å²) < 4.78 is 7.30. The molecule has 4 nitrogen and oxygen atoms in total. The minimum atomic E-state index is 0.638. The number of para-hydroxylation sites is 1. The Bertz CT molecular complexity index is 607. The zero-order valence-corrected chi connectivity index (χ0v) is 10.7. The van der Waals surface area contributed by atoms with Crippen LogP contribution < -0.4 is 4.74 Å². The highest BCUT2D eigenvalue weighted by molar-refractivity contribution is 7.99. The maximum atomic E-state index is 11.3. The number of thioether (sulfide) groups is 1. The van der Waals surface area contributed by atoms with Crippen LogP contribution in [0.1, 0.15) is 10.5 Å². The number of aldehydes is 1. The molecule has 1 aromatic heterocycles. The normalized spacial score (nSPS) is 13.4. The maximum Gasteiger partial charge on any atom is 0.169 e. The van der Waals surface area contributed by atoms with Gasteiger partial charge in [-0.15, -0.1) is 0 Å². The summed E-state index contributed by atoms with van der Waals surface area (Å²) in [4.78, 5) is 15.9. The van der Waals surface area contributed by atoms with Crippen molar-refractivity contribution in [3.63, 3.8) is 0 Å². The van der Waals surface area contributed by atoms with Crippen LogP contribution in [0.2, 0.25) is 0 Å². The minimum absolute atomic E-state index is 0.638. The molecule has 0 bridgehead atoms. The Morgan fingerprint density at radius 3 is 3.06 bits per heavy atom. The summed E-state index contributed by atoms with van der Waals surface area (Å²) in [6.07, 6.45) is 0.879. The van der Waals surface area contributed by atoms with Crippen molar-refractivity contribution in [1.29, 1.82) is 0 Å². The molecule has 0 saturated carbocycles. The zero-order valence-electron chi connectivity index (χ0n) is 9.92. The van der Waals surface area contributed by atoms with Gasteiger partial charge in [-0.1, -0.05) is 23.9 Å². The Balaban J connectivity index is 2.20. The van der Waals surface area contributed by atoms with Crippen molar-refractivity contribution in [3.05, 3.63) is 30.0 Å². The number of carbonyl (C=O) groups excluding carboxylic acids is 1. The summed E-state index contributed by atoms with van der Waals surface area (Å²) in [6, 6.07) is 7.63. The number of nitrogens with zero attached hydrogens (tertiary/aromatic N) is 2. The number of rotatable bonds is 3. The summed E-state index contributed by atoms with van der Waals surface area (Å²) in [7, 11) is 1.62. The molecule has 0 aliphatic carbocycles. The summed E-state index contributed by atoms with van der Waals surface area (Å²) >= 11 is 1.68. The van der Waals surface area contributed by atoms with Crippen LogP contribution in [0.4, 0.5) is 0 Å². The van der Waals surface area contributed by atoms with Gasteiger partial charge in [-0.2, -0.15) is 0 Å². The lowest BCUT2D eigenvalue weighted by Crippen LogP contribution is -2.00. The fourth-order valence-electron chi connectivity index (χ4n) is 2.16. The first-order chi connectivity index (χ1) is 8.85. The fraction of sp³-hybridized carbons (Fsp3) is 0.231. The van der Waals surface area contributed by atoms with Crippen molar-refractivity contribution < 1.29 is 9.53 Å². The van der Waals surface area contributed by atoms with Crippen LogP contribution in [0.5, 0.6) is 5.75 Å². The van der Waals surface area contributed by atoms with Crippen molar-refractivity contribution in [2.24, 2.45) is 0 Å². The summed E-state index contributed by atoms with van der Waals surface area (Å²) in [6.45, 7) is 0.843. The van der Waals surface area contributed by atoms with Crippen LogP contribution in [-0.4, -0.2) is 28.7 Å². The van der Waals surface area contributed by atoms with Crippen LogP contribution in [0, 0.1) is 0 Å². The first kappa shape index (κ1) is 11.3. The predicted octanol–water partition coefficient (Wildman–Crippen LogP) is 2.48. The molecule has 2 aromatic rings. The molecule has 1 aromatic carbocycles. The lowest BCUT2D eigenvalue weighted by molar-refractivity contribution is 0.111. The van der Waals surface area contributed by atoms with Crippen LogP contribution in [0.3, 0.4) is 0 Å². The molecule has 18 heavy (non-hydrogen) atoms. The van der Waals surface area contributed by atoms with Crippen LogP contribution >= 0.6 is 11.8 Å². The minimum Gasteiger partial charge on any atom is -0.496 e. The summed E-state index contributed by atoms with van der Waals surface area (Å²) in [5, 5.41) is 0.915. The van der Waals surface area contributed by atoms with Gasteiger partial charge in [0, 0.05) is 17.9 Å². The van der Waals surface area contributed by atoms with E-state index in [1.807, 2.05) is 28.8 Å². The quantitative estimate of drug-likeness (QED) is 0.795. The van der Waals surface area contributed by atoms with Gasteiger partial charge in [0.1, 0.15) is 17.1 Å². The molecule has 0 N–H and O–H groups in total. The van der Waals surface area contributed by atoms with Crippen molar-refractivity contribution in [2.75, 3.05) is 12.9 Å². The van der Waals surface area contributed by atoms with E-state index in [0.29, 0.717) is 11.4 Å². The number of hydrogen-bond donors (Lipinski definition) is 0. The molecule has 5 heteroatoms. The summed E-state index contributed by atoms with van der Waals surface area (Å²) in [5.41, 5.74) is 2.22. The molecule has 0 saturated heterocycles. The number of hydrogen-bond acceptors (Lipinski definition) is 4. The Morgan fingerprint density at radius 1 is 1.44 bits per heavy atom. The molecular formula is C13H12N2O2S. The van der Waals surface area contributed by atoms with Gasteiger partial charge >= 0.3 is 0 Å². The first-order valence-corrected chi connectivity index (χ1v) is 6.65. The van der Waals surface area contributed by atoms with Crippen molar-refractivity contribution in [1.82, 2.24) is 9.55 Å². The largest absolute Gasteiger partial charge is 0.496 e. The van der Waals surface area contributed by atoms with Gasteiger partial charge in [-0.05, 0) is 12.1 Å². The number of carbonyl (C=O) groups is 1. The van der Waals surface area contributed by atoms with E-state index < -0.39 is 0 Å². The van der Waals surface area contributed by atoms with E-state index in [1.54, 1.807) is 18.9 Å². The molecule has 1 aliphatic heterocycles. The van der Waals surface area contributed by atoms with E-state index in [2.05, 4.69) is 4.98 Å². The molecule has 0 amide bonds. The topological polar surface area (TPSA) is 44.1 Å². The predicted molar refractivity (Wildman–Crippen MR) is 70.3 cm³/mol. The number of fused-ring (bicyclic) bond motifs is 1. The highest BCUT2D eigenvalue weighted by Crippen LogP contribution is 2.36. The third-order valence-electron chi connectivity index (χ3n) is 2.99. The van der Waals surface area contributed by atoms with Crippen LogP contribution in [0.25, 0.3) is 11.3 Å². The van der Waals surface area contributed by atoms with Crippen molar-refractivity contribution >= 4 is 18.0 Å². The van der Waals surface area contributed by atoms with Gasteiger partial charge in [0.25, 0.3) is 0 Å². The Hall–Kier alpha value is -1.75. The standard InChI is InChI=1S/C13H12N2O2S/c1-17-11-5-3-2-4-9(11)12-10(8-16)15-6-7-18-13(15)14-12/h2-5,8H,6-7H2,1H3. The molecule has 2 heterocycles. The second-order valence-corrected chi connectivity index (χ2v) is 5.01. The molecular weight excluding hydrogens is 248 g/mol. The average molecular weight is 260 g/mol. The van der Waals surface area contributed by atoms with E-state index >= 15 is 0 Å². The van der Waals surface area contributed by atoms with E-state index in [4.69, 9.17) is 4.74 Å². The van der Waals surface area contributed by atoms with Crippen molar-refractivity contribution in [3.8, 4) is 17.0 Å². The molecule has 92 valence electrons. The Kier molecular flexibility index (Phi) is 2.83. The fourth-order valence-corrected chi connectivity index (χ4v) is 3.11. The number of imidazole rings is 1. The molecule has 0 atom stereocenters. The second kappa shape index (κ2) is 4.49. The van der Waals surface area contributed by atoms with Gasteiger partial charge in [-0.3, -0.25) is 4.79 Å². The van der Waals surface area contributed by atoms with E-state index in [-0.39, 0.29) is 0 Å². The molecule has 3 rings (SSSR count). The summed E-state index contributed by atoms with van der Waals surface area (Å²) in [5.74, 6) is 1.72. The molecule has 0 spiro atoms. The average Bonchev–Trinajstić information content (AvgIpc) is 2.98. The third kappa shape index (κ3) is 1.62. The number of benzene rings is 1. The van der Waals surface area contributed by atoms with Crippen LogP contribution in [0.15, 0.2) is 29.4 Å². The lowest BCUT2D eigenvalue weighted by atomic mass is 10.1. The third-order valence-corrected chi connectivity index (χ3v) is 3.95. The van der Waals surface area contributed by atoms with Gasteiger partial charge in [-0.25, -0.2) is 4.98 Å². The van der Waals surface area contributed by atoms with E-state index in [9.17, 15) is 4.79 Å². The molecule has 1 aliphatic rings. The van der Waals surface area contributed by atoms with Crippen molar-refractivity contribution in [2.45, 2.75) is 11.7 Å². The smallest absolute Gasteiger partial charge is 0.169 e. The highest BCUT2D eigenvalue weighted by atomic mass is 32.2. The monoisotopic (exact) mass is 260 g/mol. The first-order valence-electron chi connectivity index (χ1n) is 5.67. The number of aromatic nitrogens is 2. The van der Waals surface area contributed by atoms with Gasteiger partial charge < -0.3 is 9.30 Å². The molecule has 0 radical (unpaired) electrons. The van der Waals surface area contributed by atoms with Gasteiger partial charge in [0.05, 0.1) is 7.11 Å². The Morgan fingerprint density at radius 2 is 2.28 bits per heavy atom. The molecule has 0 fully saturated rings. The van der Waals surface area contributed by atoms with E-state index in [0.717, 1.165) is 35.1 Å². The highest BCUT2D eigenvalue weighted by Gasteiger charge is 2.23. The SMILES string of the molecule is COc1ccccc1-c1nc2n(c1C=O)CCS2. The number of ether oxygens (including phenoxy) is 1. The maximum absolute atomic E-state index is 11.3. The van der Waals surface area contributed by atoms with Gasteiger partial charge in [0.2, 0.25) is 0 Å². The number of methoxy groups -OCH3 is 1. The lowest BCUT2D eigenvalue weighted by Gasteiger charge is -2.06. The van der Waals surface area contributed by atoms with E-state index in [1.165, 1.54) is 0 Å². The van der Waals surface area contributed by atoms with Crippen LogP contribution in [-0.2, 0) is 6.54 Å². The Labute approximate surface area is 109 Å². The second-order valence-electron chi connectivity index (χ2n) is 3.95.